The lowest BCUT2D eigenvalue weighted by Crippen LogP contribution is -2.55. The quantitative estimate of drug-likeness (QED) is 0.142. The fourth-order valence-corrected chi connectivity index (χ4v) is 4.23. The molecule has 2 aliphatic rings. The predicted molar refractivity (Wildman–Crippen MR) is 100 cm³/mol. The van der Waals surface area contributed by atoms with Gasteiger partial charge in [0.2, 0.25) is 0 Å². The molecule has 182 valence electrons. The largest absolute Gasteiger partial charge is 0.455 e. The molecule has 2 fully saturated rings. The first-order valence-corrected chi connectivity index (χ1v) is 11.6. The maximum absolute atomic E-state index is 14.2. The Morgan fingerprint density at radius 3 is 1.94 bits per heavy atom. The highest BCUT2D eigenvalue weighted by molar-refractivity contribution is 14.1. The maximum Gasteiger partial charge on any atom is 0.455 e. The second-order valence-corrected chi connectivity index (χ2v) is 10.0. The van der Waals surface area contributed by atoms with Crippen LogP contribution in [-0.4, -0.2) is 66.9 Å². The molecule has 6 nitrogen and oxygen atoms in total. The fourth-order valence-electron chi connectivity index (χ4n) is 3.15. The Balaban J connectivity index is 2.42. The molecule has 0 spiro atoms. The van der Waals surface area contributed by atoms with Crippen molar-refractivity contribution in [2.24, 2.45) is 10.3 Å². The zero-order valence-electron chi connectivity index (χ0n) is 15.8. The van der Waals surface area contributed by atoms with Crippen molar-refractivity contribution in [2.45, 2.75) is 53.5 Å². The molecule has 1 heterocycles. The smallest absolute Gasteiger partial charge is 0.378 e. The van der Waals surface area contributed by atoms with Gasteiger partial charge in [0.25, 0.3) is 0 Å². The number of hydrogen-bond donors (Lipinski definition) is 0. The highest BCUT2D eigenvalue weighted by Crippen LogP contribution is 2.49. The van der Waals surface area contributed by atoms with Crippen molar-refractivity contribution in [1.82, 2.24) is 4.90 Å². The van der Waals surface area contributed by atoms with Crippen molar-refractivity contribution >= 4 is 38.4 Å². The molecule has 0 unspecified atom stereocenters. The molecule has 1 aliphatic heterocycles. The second-order valence-electron chi connectivity index (χ2n) is 7.01. The molecule has 0 aromatic rings. The van der Waals surface area contributed by atoms with Crippen LogP contribution in [0.25, 0.3) is 0 Å². The topological polar surface area (TPSA) is 68.2 Å². The van der Waals surface area contributed by atoms with Crippen LogP contribution in [0.2, 0.25) is 0 Å². The van der Waals surface area contributed by atoms with Gasteiger partial charge in [-0.05, 0) is 12.8 Å². The van der Waals surface area contributed by atoms with Gasteiger partial charge in [0, 0.05) is 41.6 Å². The van der Waals surface area contributed by atoms with E-state index < -0.39 is 43.2 Å². The van der Waals surface area contributed by atoms with Gasteiger partial charge in [-0.25, -0.2) is 4.74 Å². The number of halogens is 9. The summed E-state index contributed by atoms with van der Waals surface area (Å²) in [7, 11) is -6.52. The number of hydrogen-bond acceptors (Lipinski definition) is 4. The number of morpholine rings is 1. The highest BCUT2D eigenvalue weighted by Gasteiger charge is 2.74. The molecule has 0 bridgehead atoms. The van der Waals surface area contributed by atoms with Crippen molar-refractivity contribution < 1.29 is 53.0 Å². The predicted octanol–water partition coefficient (Wildman–Crippen LogP) is 4.45. The number of ether oxygens (including phenoxy) is 2. The Kier molecular flexibility index (Phi) is 8.12. The molecule has 31 heavy (non-hydrogen) atoms. The van der Waals surface area contributed by atoms with E-state index in [4.69, 9.17) is 4.74 Å². The SMILES string of the molecule is O=S(=O)(/N=C(\C1CCCCC1)N1CCOCC1)C(F)(F)C(F)(F)OC(F)(F)C(F)(F)I. The summed E-state index contributed by atoms with van der Waals surface area (Å²) in [6.07, 6.45) is -9.87. The zero-order chi connectivity index (χ0) is 23.7. The van der Waals surface area contributed by atoms with E-state index >= 15 is 0 Å². The molecular weight excluding hydrogens is 583 g/mol. The van der Waals surface area contributed by atoms with Crippen LogP contribution in [0.4, 0.5) is 35.1 Å². The molecule has 1 aliphatic carbocycles. The highest BCUT2D eigenvalue weighted by atomic mass is 127. The van der Waals surface area contributed by atoms with Crippen LogP contribution in [0.5, 0.6) is 0 Å². The number of alkyl halides is 9. The van der Waals surface area contributed by atoms with Gasteiger partial charge in [0.1, 0.15) is 5.84 Å². The van der Waals surface area contributed by atoms with E-state index in [2.05, 4.69) is 9.13 Å². The van der Waals surface area contributed by atoms with Gasteiger partial charge in [0.05, 0.1) is 13.2 Å². The third kappa shape index (κ3) is 5.90. The van der Waals surface area contributed by atoms with Crippen molar-refractivity contribution in [2.75, 3.05) is 26.3 Å². The summed E-state index contributed by atoms with van der Waals surface area (Å²) in [5.41, 5.74) is 0. The van der Waals surface area contributed by atoms with E-state index in [1.807, 2.05) is 0 Å². The summed E-state index contributed by atoms with van der Waals surface area (Å²) in [4.78, 5) is 1.29. The minimum atomic E-state index is -6.52. The van der Waals surface area contributed by atoms with Gasteiger partial charge in [-0.3, -0.25) is 0 Å². The molecule has 0 atom stereocenters. The van der Waals surface area contributed by atoms with Crippen molar-refractivity contribution in [3.8, 4) is 0 Å². The lowest BCUT2D eigenvalue weighted by Gasteiger charge is -2.35. The molecule has 0 radical (unpaired) electrons. The standard InChI is InChI=1S/C15H19F8IN2O4S/c16-12(17,24)13(18,19)30-14(20,21)15(22,23)31(27,28)25-11(10-4-2-1-3-5-10)26-6-8-29-9-7-26/h10H,1-9H2/b25-11+. The van der Waals surface area contributed by atoms with E-state index in [1.165, 1.54) is 4.90 Å². The average Bonchev–Trinajstić information content (AvgIpc) is 2.65. The van der Waals surface area contributed by atoms with E-state index in [1.54, 1.807) is 0 Å². The minimum absolute atomic E-state index is 0.0441. The number of rotatable bonds is 7. The third-order valence-corrected chi connectivity index (χ3v) is 6.71. The van der Waals surface area contributed by atoms with Crippen LogP contribution >= 0.6 is 22.6 Å². The van der Waals surface area contributed by atoms with Crippen molar-refractivity contribution in [3.05, 3.63) is 0 Å². The first-order chi connectivity index (χ1) is 14.0. The van der Waals surface area contributed by atoms with Crippen LogP contribution in [0.3, 0.4) is 0 Å². The fraction of sp³-hybridized carbons (Fsp3) is 0.933. The molecule has 16 heteroatoms. The summed E-state index contributed by atoms with van der Waals surface area (Å²) in [6.45, 7) is 0.279. The van der Waals surface area contributed by atoms with Crippen molar-refractivity contribution in [3.63, 3.8) is 0 Å². The van der Waals surface area contributed by atoms with Gasteiger partial charge in [-0.15, -0.1) is 4.40 Å². The number of nitrogens with zero attached hydrogens (tertiary/aromatic N) is 2. The zero-order valence-corrected chi connectivity index (χ0v) is 18.8. The molecule has 0 N–H and O–H groups in total. The van der Waals surface area contributed by atoms with E-state index in [-0.39, 0.29) is 48.9 Å². The summed E-state index contributed by atoms with van der Waals surface area (Å²) in [5, 5.41) is -6.35. The van der Waals surface area contributed by atoms with Gasteiger partial charge < -0.3 is 9.64 Å². The van der Waals surface area contributed by atoms with E-state index in [9.17, 15) is 43.5 Å². The monoisotopic (exact) mass is 602 g/mol. The lowest BCUT2D eigenvalue weighted by atomic mass is 9.88. The Hall–Kier alpha value is -0.490. The first kappa shape index (κ1) is 26.8. The van der Waals surface area contributed by atoms with Crippen LogP contribution in [0, 0.1) is 5.92 Å². The Morgan fingerprint density at radius 2 is 1.45 bits per heavy atom. The van der Waals surface area contributed by atoms with E-state index in [0.717, 1.165) is 6.42 Å². The molecule has 1 saturated heterocycles. The first-order valence-electron chi connectivity index (χ1n) is 9.09. The van der Waals surface area contributed by atoms with Crippen LogP contribution in [0.15, 0.2) is 4.40 Å². The molecule has 0 aromatic carbocycles. The van der Waals surface area contributed by atoms with Gasteiger partial charge in [-0.1, -0.05) is 19.3 Å². The Morgan fingerprint density at radius 1 is 0.935 bits per heavy atom. The van der Waals surface area contributed by atoms with Gasteiger partial charge in [0.15, 0.2) is 0 Å². The summed E-state index contributed by atoms with van der Waals surface area (Å²) < 4.78 is 137. The summed E-state index contributed by atoms with van der Waals surface area (Å²) >= 11 is -0.295. The minimum Gasteiger partial charge on any atom is -0.378 e. The van der Waals surface area contributed by atoms with Crippen molar-refractivity contribution in [1.29, 1.82) is 0 Å². The van der Waals surface area contributed by atoms with Crippen LogP contribution < -0.4 is 0 Å². The molecule has 2 rings (SSSR count). The maximum atomic E-state index is 14.2. The van der Waals surface area contributed by atoms with Gasteiger partial charge >= 0.3 is 31.4 Å². The van der Waals surface area contributed by atoms with E-state index in [0.29, 0.717) is 25.7 Å². The van der Waals surface area contributed by atoms with Gasteiger partial charge in [-0.2, -0.15) is 43.5 Å². The molecule has 0 amide bonds. The molecule has 0 aromatic heterocycles. The average molecular weight is 602 g/mol. The lowest BCUT2D eigenvalue weighted by molar-refractivity contribution is -0.438. The van der Waals surface area contributed by atoms with Crippen LogP contribution in [0.1, 0.15) is 32.1 Å². The Labute approximate surface area is 186 Å². The number of amidine groups is 1. The number of sulfonamides is 1. The second kappa shape index (κ2) is 9.40. The summed E-state index contributed by atoms with van der Waals surface area (Å²) in [6, 6.07) is 0. The normalized spacial score (nSPS) is 21.5. The Bertz CT molecular complexity index is 743. The molecule has 1 saturated carbocycles. The summed E-state index contributed by atoms with van der Waals surface area (Å²) in [5.74, 6) is -1.06. The van der Waals surface area contributed by atoms with Crippen LogP contribution in [-0.2, 0) is 19.5 Å². The molecular formula is C15H19F8IN2O4S. The third-order valence-electron chi connectivity index (χ3n) is 4.77.